The van der Waals surface area contributed by atoms with Gasteiger partial charge < -0.3 is 19.3 Å². The number of hydrogen-bond acceptors (Lipinski definition) is 5. The lowest BCUT2D eigenvalue weighted by Crippen LogP contribution is -2.43. The highest BCUT2D eigenvalue weighted by Crippen LogP contribution is 2.31. The second-order valence-corrected chi connectivity index (χ2v) is 9.56. The smallest absolute Gasteiger partial charge is 0.215 e. The van der Waals surface area contributed by atoms with Gasteiger partial charge in [-0.25, -0.2) is 4.98 Å². The summed E-state index contributed by atoms with van der Waals surface area (Å²) >= 11 is 0. The molecule has 0 amide bonds. The van der Waals surface area contributed by atoms with Crippen molar-refractivity contribution in [3.63, 3.8) is 0 Å². The number of ether oxygens (including phenoxy) is 2. The molecule has 1 aliphatic carbocycles. The van der Waals surface area contributed by atoms with E-state index in [1.165, 1.54) is 36.5 Å². The molecule has 0 saturated carbocycles. The number of likely N-dealkylation sites (tertiary alicyclic amines) is 1. The minimum atomic E-state index is 0.248. The predicted octanol–water partition coefficient (Wildman–Crippen LogP) is 5.34. The lowest BCUT2D eigenvalue weighted by Gasteiger charge is -2.39. The van der Waals surface area contributed by atoms with E-state index in [0.29, 0.717) is 11.8 Å². The van der Waals surface area contributed by atoms with Gasteiger partial charge in [-0.2, -0.15) is 0 Å². The number of piperidine rings is 1. The number of anilines is 1. The van der Waals surface area contributed by atoms with Crippen molar-refractivity contribution >= 4 is 5.69 Å². The van der Waals surface area contributed by atoms with Crippen LogP contribution in [0.5, 0.6) is 5.88 Å². The van der Waals surface area contributed by atoms with Crippen LogP contribution in [-0.4, -0.2) is 49.3 Å². The summed E-state index contributed by atoms with van der Waals surface area (Å²) < 4.78 is 11.9. The van der Waals surface area contributed by atoms with Crippen molar-refractivity contribution in [3.05, 3.63) is 53.6 Å². The van der Waals surface area contributed by atoms with E-state index in [2.05, 4.69) is 65.9 Å². The molecular formula is C27H39N3O2. The van der Waals surface area contributed by atoms with Gasteiger partial charge in [-0.15, -0.1) is 0 Å². The van der Waals surface area contributed by atoms with Crippen molar-refractivity contribution in [2.24, 2.45) is 11.8 Å². The van der Waals surface area contributed by atoms with Gasteiger partial charge in [-0.1, -0.05) is 32.9 Å². The molecular weight excluding hydrogens is 398 g/mol. The lowest BCUT2D eigenvalue weighted by molar-refractivity contribution is 0.0615. The third kappa shape index (κ3) is 5.31. The molecule has 1 aromatic heterocycles. The van der Waals surface area contributed by atoms with Crippen LogP contribution in [-0.2, 0) is 11.2 Å². The van der Waals surface area contributed by atoms with Crippen LogP contribution in [0.2, 0.25) is 0 Å². The summed E-state index contributed by atoms with van der Waals surface area (Å²) in [5.74, 6) is 2.97. The fourth-order valence-corrected chi connectivity index (χ4v) is 5.13. The van der Waals surface area contributed by atoms with Crippen LogP contribution in [0.3, 0.4) is 0 Å². The van der Waals surface area contributed by atoms with E-state index in [9.17, 15) is 0 Å². The van der Waals surface area contributed by atoms with Crippen LogP contribution in [0, 0.1) is 11.8 Å². The van der Waals surface area contributed by atoms with Gasteiger partial charge in [-0.3, -0.25) is 0 Å². The first-order valence-electron chi connectivity index (χ1n) is 12.3. The van der Waals surface area contributed by atoms with E-state index >= 15 is 0 Å². The summed E-state index contributed by atoms with van der Waals surface area (Å²) in [5.41, 5.74) is 4.00. The van der Waals surface area contributed by atoms with Gasteiger partial charge in [0, 0.05) is 68.6 Å². The molecule has 0 N–H and O–H groups in total. The molecule has 3 atom stereocenters. The fourth-order valence-electron chi connectivity index (χ4n) is 5.13. The molecule has 5 heteroatoms. The summed E-state index contributed by atoms with van der Waals surface area (Å²) in [6, 6.07) is 2.08. The number of aromatic nitrogens is 1. The average Bonchev–Trinajstić information content (AvgIpc) is 3.22. The van der Waals surface area contributed by atoms with Gasteiger partial charge in [-0.05, 0) is 42.9 Å². The Hall–Kier alpha value is -2.43. The molecule has 0 radical (unpaired) electrons. The van der Waals surface area contributed by atoms with Crippen LogP contribution in [0.4, 0.5) is 5.69 Å². The highest BCUT2D eigenvalue weighted by molar-refractivity contribution is 5.55. The van der Waals surface area contributed by atoms with E-state index in [-0.39, 0.29) is 6.10 Å². The molecule has 2 saturated heterocycles. The number of hydrogen-bond donors (Lipinski definition) is 0. The molecule has 5 nitrogen and oxygen atoms in total. The summed E-state index contributed by atoms with van der Waals surface area (Å²) in [7, 11) is 1.68. The Morgan fingerprint density at radius 2 is 1.94 bits per heavy atom. The Balaban J connectivity index is 1.36. The summed E-state index contributed by atoms with van der Waals surface area (Å²) in [6.07, 6.45) is 16.6. The Kier molecular flexibility index (Phi) is 7.44. The van der Waals surface area contributed by atoms with Crippen molar-refractivity contribution in [1.82, 2.24) is 9.88 Å². The first-order chi connectivity index (χ1) is 15.6. The lowest BCUT2D eigenvalue weighted by atomic mass is 9.95. The molecule has 0 bridgehead atoms. The molecule has 2 aliphatic heterocycles. The fraction of sp³-hybridized carbons (Fsp3) is 0.593. The average molecular weight is 438 g/mol. The Labute approximate surface area is 193 Å². The van der Waals surface area contributed by atoms with Crippen LogP contribution in [0.25, 0.3) is 0 Å². The zero-order valence-electron chi connectivity index (χ0n) is 20.2. The Morgan fingerprint density at radius 3 is 2.66 bits per heavy atom. The number of rotatable bonds is 6. The molecule has 3 heterocycles. The predicted molar refractivity (Wildman–Crippen MR) is 131 cm³/mol. The molecule has 4 rings (SSSR count). The van der Waals surface area contributed by atoms with Gasteiger partial charge >= 0.3 is 0 Å². The normalized spacial score (nSPS) is 30.6. The van der Waals surface area contributed by atoms with Gasteiger partial charge in [0.05, 0.1) is 7.11 Å². The van der Waals surface area contributed by atoms with Crippen LogP contribution >= 0.6 is 0 Å². The molecule has 3 aliphatic rings. The second kappa shape index (κ2) is 10.5. The van der Waals surface area contributed by atoms with Crippen molar-refractivity contribution in [3.8, 4) is 5.88 Å². The quantitative estimate of drug-likeness (QED) is 0.600. The van der Waals surface area contributed by atoms with Gasteiger partial charge in [0.1, 0.15) is 11.9 Å². The van der Waals surface area contributed by atoms with E-state index < -0.39 is 0 Å². The van der Waals surface area contributed by atoms with Gasteiger partial charge in [0.25, 0.3) is 0 Å². The number of methoxy groups -OCH3 is 1. The minimum Gasteiger partial charge on any atom is -0.490 e. The number of nitrogens with zero attached hydrogens (tertiary/aromatic N) is 3. The van der Waals surface area contributed by atoms with Gasteiger partial charge in [0.2, 0.25) is 5.88 Å². The maximum atomic E-state index is 6.51. The van der Waals surface area contributed by atoms with Crippen LogP contribution in [0.15, 0.2) is 48.0 Å². The van der Waals surface area contributed by atoms with Crippen molar-refractivity contribution < 1.29 is 9.47 Å². The number of pyridine rings is 1. The minimum absolute atomic E-state index is 0.248. The molecule has 0 aromatic carbocycles. The Bertz CT molecular complexity index is 876. The van der Waals surface area contributed by atoms with E-state index in [0.717, 1.165) is 50.4 Å². The highest BCUT2D eigenvalue weighted by Gasteiger charge is 2.29. The maximum Gasteiger partial charge on any atom is 0.215 e. The van der Waals surface area contributed by atoms with Gasteiger partial charge in [0.15, 0.2) is 0 Å². The SMILES string of the molecule is CCc1cnc(OC)cc1N1CCC(OC2=C/C/C=C(/N3CC[C@@H](C)C3)C/C=C\2)C(C)C1. The molecule has 0 spiro atoms. The standard InChI is InChI=1S/C27H39N3O2/c1-5-22-17-28-27(31-4)16-25(22)30-15-13-26(21(3)19-30)32-24-10-6-8-23(9-7-11-24)29-14-12-20(2)18-29/h6,9-11,16-17,20-21,26H,5,7-8,12-15,18-19H2,1-4H3/b10-6-,23-9+,24-11+/t20-,21?,26?/m1/s1. The third-order valence-corrected chi connectivity index (χ3v) is 7.09. The molecule has 174 valence electrons. The second-order valence-electron chi connectivity index (χ2n) is 9.56. The van der Waals surface area contributed by atoms with E-state index in [1.54, 1.807) is 7.11 Å². The first kappa shape index (κ1) is 22.8. The summed E-state index contributed by atoms with van der Waals surface area (Å²) in [5, 5.41) is 0. The molecule has 2 unspecified atom stereocenters. The maximum absolute atomic E-state index is 6.51. The summed E-state index contributed by atoms with van der Waals surface area (Å²) in [4.78, 5) is 9.42. The summed E-state index contributed by atoms with van der Waals surface area (Å²) in [6.45, 7) is 11.2. The van der Waals surface area contributed by atoms with Crippen molar-refractivity contribution in [1.29, 1.82) is 0 Å². The zero-order chi connectivity index (χ0) is 22.5. The highest BCUT2D eigenvalue weighted by atomic mass is 16.5. The van der Waals surface area contributed by atoms with E-state index in [4.69, 9.17) is 9.47 Å². The first-order valence-corrected chi connectivity index (χ1v) is 12.3. The van der Waals surface area contributed by atoms with E-state index in [1.807, 2.05) is 6.20 Å². The molecule has 1 aromatic rings. The molecule has 2 fully saturated rings. The van der Waals surface area contributed by atoms with Crippen LogP contribution in [0.1, 0.15) is 52.0 Å². The third-order valence-electron chi connectivity index (χ3n) is 7.09. The largest absolute Gasteiger partial charge is 0.490 e. The van der Waals surface area contributed by atoms with Crippen LogP contribution < -0.4 is 9.64 Å². The molecule has 32 heavy (non-hydrogen) atoms. The Morgan fingerprint density at radius 1 is 1.09 bits per heavy atom. The number of aryl methyl sites for hydroxylation is 1. The zero-order valence-corrected chi connectivity index (χ0v) is 20.2. The monoisotopic (exact) mass is 437 g/mol. The van der Waals surface area contributed by atoms with Crippen molar-refractivity contribution in [2.75, 3.05) is 38.2 Å². The number of allylic oxidation sites excluding steroid dienone is 4. The topological polar surface area (TPSA) is 37.8 Å². The van der Waals surface area contributed by atoms with Crippen molar-refractivity contribution in [2.45, 2.75) is 59.0 Å².